The Morgan fingerprint density at radius 1 is 1.26 bits per heavy atom. The Morgan fingerprint density at radius 3 is 2.47 bits per heavy atom. The van der Waals surface area contributed by atoms with Crippen molar-refractivity contribution in [3.05, 3.63) is 34.3 Å². The van der Waals surface area contributed by atoms with Crippen molar-refractivity contribution in [3.63, 3.8) is 0 Å². The van der Waals surface area contributed by atoms with Gasteiger partial charge in [0.25, 0.3) is 0 Å². The highest BCUT2D eigenvalue weighted by Crippen LogP contribution is 2.27. The van der Waals surface area contributed by atoms with Gasteiger partial charge in [-0.15, -0.1) is 0 Å². The monoisotopic (exact) mass is 320 g/mol. The van der Waals surface area contributed by atoms with Gasteiger partial charge in [-0.05, 0) is 30.5 Å². The van der Waals surface area contributed by atoms with Gasteiger partial charge in [0.05, 0.1) is 12.5 Å². The number of benzene rings is 1. The first-order chi connectivity index (χ1) is 9.13. The molecule has 1 aliphatic rings. The van der Waals surface area contributed by atoms with Gasteiger partial charge >= 0.3 is 0 Å². The average molecular weight is 321 g/mol. The maximum Gasteiger partial charge on any atom is 0.225 e. The number of hydrogen-bond acceptors (Lipinski definition) is 2. The molecule has 1 aromatic carbocycles. The van der Waals surface area contributed by atoms with E-state index in [4.69, 9.17) is 0 Å². The van der Waals surface area contributed by atoms with Crippen LogP contribution in [0.5, 0.6) is 0 Å². The molecule has 3 nitrogen and oxygen atoms in total. The van der Waals surface area contributed by atoms with E-state index in [9.17, 15) is 10.1 Å². The van der Waals surface area contributed by atoms with Gasteiger partial charge in [0.15, 0.2) is 0 Å². The van der Waals surface area contributed by atoms with Crippen LogP contribution in [0.15, 0.2) is 28.7 Å². The Hall–Kier alpha value is -1.34. The van der Waals surface area contributed by atoms with E-state index in [0.717, 1.165) is 42.1 Å². The van der Waals surface area contributed by atoms with Crippen LogP contribution in [-0.2, 0) is 11.2 Å². The van der Waals surface area contributed by atoms with Crippen LogP contribution in [-0.4, -0.2) is 11.4 Å². The van der Waals surface area contributed by atoms with Crippen LogP contribution in [0.25, 0.3) is 0 Å². The molecule has 4 heteroatoms. The number of carbonyl (C=O) groups excluding carboxylic acids is 1. The van der Waals surface area contributed by atoms with Gasteiger partial charge in [-0.25, -0.2) is 0 Å². The lowest BCUT2D eigenvalue weighted by atomic mass is 9.82. The molecule has 1 aromatic rings. The predicted molar refractivity (Wildman–Crippen MR) is 77.4 cm³/mol. The highest BCUT2D eigenvalue weighted by atomic mass is 79.9. The molecule has 1 fully saturated rings. The van der Waals surface area contributed by atoms with Crippen molar-refractivity contribution in [2.24, 2.45) is 0 Å². The van der Waals surface area contributed by atoms with Gasteiger partial charge in [0.2, 0.25) is 5.91 Å². The smallest absolute Gasteiger partial charge is 0.225 e. The summed E-state index contributed by atoms with van der Waals surface area (Å²) in [5, 5.41) is 12.3. The normalized spacial score (nSPS) is 17.5. The Labute approximate surface area is 122 Å². The second-order valence-corrected chi connectivity index (χ2v) is 6.02. The first kappa shape index (κ1) is 14.1. The minimum absolute atomic E-state index is 0.0641. The van der Waals surface area contributed by atoms with Crippen molar-refractivity contribution in [1.82, 2.24) is 5.32 Å². The molecule has 0 atom stereocenters. The van der Waals surface area contributed by atoms with Gasteiger partial charge in [-0.1, -0.05) is 47.3 Å². The summed E-state index contributed by atoms with van der Waals surface area (Å²) < 4.78 is 0.998. The molecule has 0 bridgehead atoms. The first-order valence-electron chi connectivity index (χ1n) is 6.60. The highest BCUT2D eigenvalue weighted by molar-refractivity contribution is 9.10. The van der Waals surface area contributed by atoms with Crippen LogP contribution in [0.2, 0.25) is 0 Å². The highest BCUT2D eigenvalue weighted by Gasteiger charge is 2.33. The SMILES string of the molecule is N#CC1(NC(=O)Cc2ccc(Br)cc2)CCCCC1. The van der Waals surface area contributed by atoms with E-state index in [0.29, 0.717) is 6.42 Å². The summed E-state index contributed by atoms with van der Waals surface area (Å²) in [5.41, 5.74) is 0.328. The lowest BCUT2D eigenvalue weighted by Crippen LogP contribution is -2.49. The van der Waals surface area contributed by atoms with E-state index in [2.05, 4.69) is 27.3 Å². The first-order valence-corrected chi connectivity index (χ1v) is 7.40. The molecule has 1 N–H and O–H groups in total. The molecule has 0 spiro atoms. The molecule has 0 heterocycles. The third-order valence-electron chi connectivity index (χ3n) is 3.58. The van der Waals surface area contributed by atoms with Crippen molar-refractivity contribution < 1.29 is 4.79 Å². The average Bonchev–Trinajstić information content (AvgIpc) is 2.42. The van der Waals surface area contributed by atoms with E-state index in [1.54, 1.807) is 0 Å². The second kappa shape index (κ2) is 6.21. The Bertz CT molecular complexity index is 484. The Morgan fingerprint density at radius 2 is 1.89 bits per heavy atom. The van der Waals surface area contributed by atoms with E-state index in [1.807, 2.05) is 24.3 Å². The van der Waals surface area contributed by atoms with Crippen molar-refractivity contribution in [3.8, 4) is 6.07 Å². The number of nitriles is 1. The quantitative estimate of drug-likeness (QED) is 0.928. The van der Waals surface area contributed by atoms with Crippen LogP contribution >= 0.6 is 15.9 Å². The van der Waals surface area contributed by atoms with E-state index in [1.165, 1.54) is 0 Å². The van der Waals surface area contributed by atoms with Crippen molar-refractivity contribution in [2.45, 2.75) is 44.1 Å². The number of nitrogens with one attached hydrogen (secondary N) is 1. The maximum absolute atomic E-state index is 12.1. The fourth-order valence-corrected chi connectivity index (χ4v) is 2.78. The molecule has 1 aliphatic carbocycles. The third kappa shape index (κ3) is 3.81. The molecule has 0 unspecified atom stereocenters. The molecular weight excluding hydrogens is 304 g/mol. The van der Waals surface area contributed by atoms with Gasteiger partial charge < -0.3 is 5.32 Å². The van der Waals surface area contributed by atoms with Crippen molar-refractivity contribution in [2.75, 3.05) is 0 Å². The largest absolute Gasteiger partial charge is 0.338 e. The summed E-state index contributed by atoms with van der Waals surface area (Å²) in [6.45, 7) is 0. The fraction of sp³-hybridized carbons (Fsp3) is 0.467. The maximum atomic E-state index is 12.1. The summed E-state index contributed by atoms with van der Waals surface area (Å²) >= 11 is 3.37. The molecular formula is C15H17BrN2O. The third-order valence-corrected chi connectivity index (χ3v) is 4.11. The topological polar surface area (TPSA) is 52.9 Å². The van der Waals surface area contributed by atoms with E-state index in [-0.39, 0.29) is 5.91 Å². The zero-order chi connectivity index (χ0) is 13.7. The molecule has 0 aliphatic heterocycles. The van der Waals surface area contributed by atoms with Crippen LogP contribution in [0.4, 0.5) is 0 Å². The van der Waals surface area contributed by atoms with E-state index < -0.39 is 5.54 Å². The molecule has 1 saturated carbocycles. The molecule has 100 valence electrons. The minimum atomic E-state index is -0.634. The van der Waals surface area contributed by atoms with Crippen LogP contribution < -0.4 is 5.32 Å². The van der Waals surface area contributed by atoms with Crippen LogP contribution in [0.1, 0.15) is 37.7 Å². The summed E-state index contributed by atoms with van der Waals surface area (Å²) in [5.74, 6) is -0.0641. The summed E-state index contributed by atoms with van der Waals surface area (Å²) in [6.07, 6.45) is 5.08. The number of carbonyl (C=O) groups is 1. The molecule has 0 radical (unpaired) electrons. The van der Waals surface area contributed by atoms with Crippen LogP contribution in [0.3, 0.4) is 0 Å². The van der Waals surface area contributed by atoms with Crippen LogP contribution in [0, 0.1) is 11.3 Å². The van der Waals surface area contributed by atoms with Crippen molar-refractivity contribution >= 4 is 21.8 Å². The number of hydrogen-bond donors (Lipinski definition) is 1. The van der Waals surface area contributed by atoms with Gasteiger partial charge in [-0.3, -0.25) is 4.79 Å². The predicted octanol–water partition coefficient (Wildman–Crippen LogP) is 3.33. The summed E-state index contributed by atoms with van der Waals surface area (Å²) in [7, 11) is 0. The number of rotatable bonds is 3. The Balaban J connectivity index is 1.96. The summed E-state index contributed by atoms with van der Waals surface area (Å²) in [4.78, 5) is 12.1. The zero-order valence-electron chi connectivity index (χ0n) is 10.8. The molecule has 2 rings (SSSR count). The standard InChI is InChI=1S/C15H17BrN2O/c16-13-6-4-12(5-7-13)10-14(19)18-15(11-17)8-2-1-3-9-15/h4-7H,1-3,8-10H2,(H,18,19). The second-order valence-electron chi connectivity index (χ2n) is 5.11. The molecule has 0 aromatic heterocycles. The number of amides is 1. The molecule has 19 heavy (non-hydrogen) atoms. The lowest BCUT2D eigenvalue weighted by Gasteiger charge is -2.31. The summed E-state index contributed by atoms with van der Waals surface area (Å²) in [6, 6.07) is 9.98. The molecule has 0 saturated heterocycles. The van der Waals surface area contributed by atoms with Crippen molar-refractivity contribution in [1.29, 1.82) is 5.26 Å². The lowest BCUT2D eigenvalue weighted by molar-refractivity contribution is -0.122. The van der Waals surface area contributed by atoms with Gasteiger partial charge in [0, 0.05) is 4.47 Å². The minimum Gasteiger partial charge on any atom is -0.338 e. The zero-order valence-corrected chi connectivity index (χ0v) is 12.4. The van der Waals surface area contributed by atoms with E-state index >= 15 is 0 Å². The fourth-order valence-electron chi connectivity index (χ4n) is 2.52. The van der Waals surface area contributed by atoms with Gasteiger partial charge in [0.1, 0.15) is 5.54 Å². The molecule has 1 amide bonds. The number of halogens is 1. The van der Waals surface area contributed by atoms with Gasteiger partial charge in [-0.2, -0.15) is 5.26 Å². The number of nitrogens with zero attached hydrogens (tertiary/aromatic N) is 1. The Kier molecular flexibility index (Phi) is 4.60.